The van der Waals surface area contributed by atoms with E-state index in [1.54, 1.807) is 24.4 Å². The van der Waals surface area contributed by atoms with E-state index in [0.717, 1.165) is 12.3 Å². The van der Waals surface area contributed by atoms with Crippen LogP contribution in [0.15, 0.2) is 42.9 Å². The molecular formula is C10H8FN2O2+. The number of nitrogens with zero attached hydrogens (tertiary/aromatic N) is 2. The number of halogens is 1. The molecule has 5 heteroatoms. The summed E-state index contributed by atoms with van der Waals surface area (Å²) < 4.78 is 18.6. The Labute approximate surface area is 85.2 Å². The van der Waals surface area contributed by atoms with E-state index in [2.05, 4.69) is 4.98 Å². The average Bonchev–Trinajstić information content (AvgIpc) is 2.17. The van der Waals surface area contributed by atoms with Gasteiger partial charge in [0.1, 0.15) is 0 Å². The lowest BCUT2D eigenvalue weighted by Crippen LogP contribution is -2.29. The molecule has 0 fully saturated rings. The Morgan fingerprint density at radius 2 is 2.20 bits per heavy atom. The second-order valence-corrected chi connectivity index (χ2v) is 2.84. The number of pyridine rings is 2. The molecule has 0 aliphatic carbocycles. The van der Waals surface area contributed by atoms with Crippen LogP contribution in [0.3, 0.4) is 0 Å². The van der Waals surface area contributed by atoms with Crippen molar-refractivity contribution in [2.75, 3.05) is 0 Å². The molecule has 0 saturated heterocycles. The Kier molecular flexibility index (Phi) is 2.45. The second-order valence-electron chi connectivity index (χ2n) is 2.84. The standard InChI is InChI=1S/C10H8FN2O2/c11-8-5-9(7-13(14)6-8)15-10-3-1-2-4-12-10/h1-7,14H/q+1. The predicted octanol–water partition coefficient (Wildman–Crippen LogP) is 1.54. The van der Waals surface area contributed by atoms with Crippen LogP contribution in [0.2, 0.25) is 0 Å². The molecule has 0 aromatic carbocycles. The molecule has 0 amide bonds. The van der Waals surface area contributed by atoms with Gasteiger partial charge in [0.05, 0.1) is 0 Å². The molecule has 2 aromatic rings. The summed E-state index contributed by atoms with van der Waals surface area (Å²) in [6, 6.07) is 6.27. The molecule has 0 atom stereocenters. The molecule has 4 nitrogen and oxygen atoms in total. The maximum absolute atomic E-state index is 12.8. The summed E-state index contributed by atoms with van der Waals surface area (Å²) >= 11 is 0. The summed E-state index contributed by atoms with van der Waals surface area (Å²) in [7, 11) is 0. The average molecular weight is 207 g/mol. The fraction of sp³-hybridized carbons (Fsp3) is 0. The van der Waals surface area contributed by atoms with E-state index >= 15 is 0 Å². The molecule has 76 valence electrons. The molecule has 0 radical (unpaired) electrons. The van der Waals surface area contributed by atoms with Gasteiger partial charge in [-0.25, -0.2) is 9.37 Å². The van der Waals surface area contributed by atoms with Crippen LogP contribution in [0.25, 0.3) is 0 Å². The first-order valence-electron chi connectivity index (χ1n) is 4.24. The first-order chi connectivity index (χ1) is 7.24. The van der Waals surface area contributed by atoms with Gasteiger partial charge in [-0.2, -0.15) is 0 Å². The van der Waals surface area contributed by atoms with Gasteiger partial charge in [0.25, 0.3) is 12.4 Å². The van der Waals surface area contributed by atoms with E-state index in [9.17, 15) is 4.39 Å². The SMILES string of the molecule is O[n+]1cc(F)cc(Oc2ccccn2)c1. The number of hydrogen-bond acceptors (Lipinski definition) is 3. The highest BCUT2D eigenvalue weighted by molar-refractivity contribution is 5.21. The van der Waals surface area contributed by atoms with Gasteiger partial charge in [-0.05, 0) is 6.07 Å². The summed E-state index contributed by atoms with van der Waals surface area (Å²) in [6.45, 7) is 0. The van der Waals surface area contributed by atoms with Gasteiger partial charge in [0.15, 0.2) is 5.82 Å². The highest BCUT2D eigenvalue weighted by Gasteiger charge is 2.08. The van der Waals surface area contributed by atoms with E-state index < -0.39 is 5.82 Å². The molecule has 0 bridgehead atoms. The third kappa shape index (κ3) is 2.40. The van der Waals surface area contributed by atoms with Gasteiger partial charge < -0.3 is 4.74 Å². The van der Waals surface area contributed by atoms with E-state index in [0.29, 0.717) is 10.6 Å². The molecule has 0 saturated carbocycles. The molecule has 2 heterocycles. The zero-order chi connectivity index (χ0) is 10.7. The van der Waals surface area contributed by atoms with Crippen LogP contribution in [-0.4, -0.2) is 10.2 Å². The Balaban J connectivity index is 2.25. The zero-order valence-electron chi connectivity index (χ0n) is 7.67. The summed E-state index contributed by atoms with van der Waals surface area (Å²) in [4.78, 5) is 3.90. The van der Waals surface area contributed by atoms with Gasteiger partial charge in [0.2, 0.25) is 11.6 Å². The van der Waals surface area contributed by atoms with Crippen molar-refractivity contribution < 1.29 is 19.1 Å². The molecule has 2 rings (SSSR count). The highest BCUT2D eigenvalue weighted by atomic mass is 19.1. The van der Waals surface area contributed by atoms with Crippen LogP contribution in [0.4, 0.5) is 4.39 Å². The summed E-state index contributed by atoms with van der Waals surface area (Å²) in [5.41, 5.74) is 0. The lowest BCUT2D eigenvalue weighted by molar-refractivity contribution is -0.905. The second kappa shape index (κ2) is 3.91. The third-order valence-corrected chi connectivity index (χ3v) is 1.66. The number of aromatic nitrogens is 2. The van der Waals surface area contributed by atoms with Crippen molar-refractivity contribution in [3.05, 3.63) is 48.7 Å². The summed E-state index contributed by atoms with van der Waals surface area (Å²) in [5.74, 6) is -0.0785. The van der Waals surface area contributed by atoms with Crippen LogP contribution >= 0.6 is 0 Å². The fourth-order valence-electron chi connectivity index (χ4n) is 1.09. The van der Waals surface area contributed by atoms with Crippen LogP contribution in [0.5, 0.6) is 11.6 Å². The summed E-state index contributed by atoms with van der Waals surface area (Å²) in [5, 5.41) is 9.05. The molecule has 1 N–H and O–H groups in total. The minimum absolute atomic E-state index is 0.177. The monoisotopic (exact) mass is 207 g/mol. The van der Waals surface area contributed by atoms with Crippen LogP contribution in [0.1, 0.15) is 0 Å². The van der Waals surface area contributed by atoms with Gasteiger partial charge in [-0.3, -0.25) is 5.21 Å². The quantitative estimate of drug-likeness (QED) is 0.600. The molecule has 0 spiro atoms. The molecule has 2 aromatic heterocycles. The smallest absolute Gasteiger partial charge is 0.264 e. The Morgan fingerprint density at radius 1 is 1.33 bits per heavy atom. The first-order valence-corrected chi connectivity index (χ1v) is 4.24. The normalized spacial score (nSPS) is 9.93. The van der Waals surface area contributed by atoms with Crippen molar-refractivity contribution in [3.63, 3.8) is 0 Å². The largest absolute Gasteiger partial charge is 0.432 e. The lowest BCUT2D eigenvalue weighted by Gasteiger charge is -2.00. The first kappa shape index (κ1) is 9.39. The molecule has 0 aliphatic heterocycles. The maximum Gasteiger partial charge on any atom is 0.264 e. The number of rotatable bonds is 2. The Morgan fingerprint density at radius 3 is 2.87 bits per heavy atom. The van der Waals surface area contributed by atoms with E-state index in [1.807, 2.05) is 0 Å². The third-order valence-electron chi connectivity index (χ3n) is 1.66. The highest BCUT2D eigenvalue weighted by Crippen LogP contribution is 2.17. The van der Waals surface area contributed by atoms with Crippen LogP contribution in [0, 0.1) is 5.82 Å². The molecule has 0 aliphatic rings. The summed E-state index contributed by atoms with van der Waals surface area (Å²) in [6.07, 6.45) is 3.71. The topological polar surface area (TPSA) is 46.2 Å². The fourth-order valence-corrected chi connectivity index (χ4v) is 1.09. The lowest BCUT2D eigenvalue weighted by atomic mass is 10.4. The Bertz CT molecular complexity index is 442. The van der Waals surface area contributed by atoms with Gasteiger partial charge in [-0.15, -0.1) is 0 Å². The van der Waals surface area contributed by atoms with Crippen molar-refractivity contribution in [2.45, 2.75) is 0 Å². The van der Waals surface area contributed by atoms with Crippen molar-refractivity contribution in [3.8, 4) is 11.6 Å². The minimum atomic E-state index is -0.592. The van der Waals surface area contributed by atoms with E-state index in [4.69, 9.17) is 9.94 Å². The van der Waals surface area contributed by atoms with E-state index in [-0.39, 0.29) is 5.75 Å². The van der Waals surface area contributed by atoms with Crippen molar-refractivity contribution in [2.24, 2.45) is 0 Å². The Hall–Kier alpha value is -2.17. The minimum Gasteiger partial charge on any atom is -0.432 e. The predicted molar refractivity (Wildman–Crippen MR) is 48.1 cm³/mol. The van der Waals surface area contributed by atoms with Crippen molar-refractivity contribution in [1.29, 1.82) is 0 Å². The van der Waals surface area contributed by atoms with Gasteiger partial charge >= 0.3 is 0 Å². The van der Waals surface area contributed by atoms with Crippen molar-refractivity contribution >= 4 is 0 Å². The zero-order valence-corrected chi connectivity index (χ0v) is 7.67. The molecule has 0 unspecified atom stereocenters. The number of ether oxygens (including phenoxy) is 1. The van der Waals surface area contributed by atoms with Gasteiger partial charge in [0, 0.05) is 23.1 Å². The maximum atomic E-state index is 12.8. The van der Waals surface area contributed by atoms with Crippen LogP contribution < -0.4 is 9.47 Å². The number of hydrogen-bond donors (Lipinski definition) is 1. The molecule has 15 heavy (non-hydrogen) atoms. The van der Waals surface area contributed by atoms with Crippen LogP contribution in [-0.2, 0) is 0 Å². The van der Waals surface area contributed by atoms with Crippen molar-refractivity contribution in [1.82, 2.24) is 4.98 Å². The van der Waals surface area contributed by atoms with E-state index in [1.165, 1.54) is 6.20 Å². The van der Waals surface area contributed by atoms with Gasteiger partial charge in [-0.1, -0.05) is 6.07 Å². The molecular weight excluding hydrogens is 199 g/mol.